The Morgan fingerprint density at radius 1 is 1.35 bits per heavy atom. The minimum absolute atomic E-state index is 0.0333. The molecule has 1 aliphatic heterocycles. The number of alkyl halides is 3. The third-order valence-corrected chi connectivity index (χ3v) is 4.49. The summed E-state index contributed by atoms with van der Waals surface area (Å²) in [6.07, 6.45) is -3.07. The first-order chi connectivity index (χ1) is 14.7. The summed E-state index contributed by atoms with van der Waals surface area (Å²) < 4.78 is 41.6. The number of nitrogens with zero attached hydrogens (tertiary/aromatic N) is 4. The van der Waals surface area contributed by atoms with Crippen LogP contribution in [0.5, 0.6) is 5.88 Å². The Hall–Kier alpha value is -3.28. The van der Waals surface area contributed by atoms with E-state index in [1.54, 1.807) is 6.07 Å². The third-order valence-electron chi connectivity index (χ3n) is 4.49. The molecule has 2 amide bonds. The van der Waals surface area contributed by atoms with Crippen LogP contribution in [0.3, 0.4) is 0 Å². The number of hydrogen-bond acceptors (Lipinski definition) is 7. The highest BCUT2D eigenvalue weighted by molar-refractivity contribution is 5.98. The SMILES string of the molecule is Cc1cc(CN2Cc3c(ccnc3CC(=O)NCCO)C2=O)nnc1OCC(F)(F)F. The minimum Gasteiger partial charge on any atom is -0.467 e. The summed E-state index contributed by atoms with van der Waals surface area (Å²) >= 11 is 0. The highest BCUT2D eigenvalue weighted by atomic mass is 19.4. The molecule has 2 N–H and O–H groups in total. The van der Waals surface area contributed by atoms with E-state index in [1.165, 1.54) is 24.1 Å². The number of nitrogens with one attached hydrogen (secondary N) is 1. The van der Waals surface area contributed by atoms with Gasteiger partial charge in [-0.25, -0.2) is 0 Å². The maximum atomic E-state index is 12.7. The zero-order valence-electron chi connectivity index (χ0n) is 16.6. The van der Waals surface area contributed by atoms with Crippen LogP contribution in [0.15, 0.2) is 18.3 Å². The second-order valence-electron chi connectivity index (χ2n) is 6.92. The first-order valence-corrected chi connectivity index (χ1v) is 9.34. The normalized spacial score (nSPS) is 13.3. The molecule has 0 aliphatic carbocycles. The van der Waals surface area contributed by atoms with Gasteiger partial charge < -0.3 is 20.1 Å². The van der Waals surface area contributed by atoms with Gasteiger partial charge >= 0.3 is 6.18 Å². The molecule has 0 radical (unpaired) electrons. The summed E-state index contributed by atoms with van der Waals surface area (Å²) in [4.78, 5) is 30.4. The highest BCUT2D eigenvalue weighted by Crippen LogP contribution is 2.27. The molecule has 166 valence electrons. The van der Waals surface area contributed by atoms with Crippen LogP contribution < -0.4 is 10.1 Å². The molecule has 0 saturated heterocycles. The lowest BCUT2D eigenvalue weighted by Crippen LogP contribution is -2.28. The number of aliphatic hydroxyl groups excluding tert-OH is 1. The topological polar surface area (TPSA) is 118 Å². The Morgan fingerprint density at radius 2 is 2.13 bits per heavy atom. The fourth-order valence-electron chi connectivity index (χ4n) is 3.13. The first kappa shape index (κ1) is 22.4. The van der Waals surface area contributed by atoms with Crippen molar-refractivity contribution in [3.63, 3.8) is 0 Å². The summed E-state index contributed by atoms with van der Waals surface area (Å²) in [7, 11) is 0. The quantitative estimate of drug-likeness (QED) is 0.628. The second kappa shape index (κ2) is 9.25. The summed E-state index contributed by atoms with van der Waals surface area (Å²) in [6, 6.07) is 3.08. The molecule has 0 spiro atoms. The Bertz CT molecular complexity index is 984. The maximum Gasteiger partial charge on any atom is 0.422 e. The number of aromatic nitrogens is 3. The molecule has 1 aliphatic rings. The number of aliphatic hydroxyl groups is 1. The van der Waals surface area contributed by atoms with Crippen LogP contribution in [0.2, 0.25) is 0 Å². The van der Waals surface area contributed by atoms with Crippen molar-refractivity contribution in [3.05, 3.63) is 46.4 Å². The van der Waals surface area contributed by atoms with Gasteiger partial charge in [-0.3, -0.25) is 14.6 Å². The average molecular weight is 439 g/mol. The molecule has 2 aromatic rings. The number of carbonyl (C=O) groups is 2. The first-order valence-electron chi connectivity index (χ1n) is 9.34. The Kier molecular flexibility index (Phi) is 6.68. The molecule has 0 aromatic carbocycles. The number of aryl methyl sites for hydroxylation is 1. The molecular formula is C19H20F3N5O4. The van der Waals surface area contributed by atoms with Gasteiger partial charge in [0.25, 0.3) is 5.91 Å². The molecule has 9 nitrogen and oxygen atoms in total. The number of halogens is 3. The maximum absolute atomic E-state index is 12.7. The molecule has 3 heterocycles. The number of amides is 2. The van der Waals surface area contributed by atoms with Gasteiger partial charge in [0.05, 0.1) is 31.0 Å². The number of hydrogen-bond donors (Lipinski definition) is 2. The fraction of sp³-hybridized carbons (Fsp3) is 0.421. The number of fused-ring (bicyclic) bond motifs is 1. The number of pyridine rings is 1. The lowest BCUT2D eigenvalue weighted by atomic mass is 10.1. The van der Waals surface area contributed by atoms with E-state index in [0.717, 1.165) is 0 Å². The monoisotopic (exact) mass is 439 g/mol. The van der Waals surface area contributed by atoms with E-state index in [9.17, 15) is 22.8 Å². The van der Waals surface area contributed by atoms with Crippen molar-refractivity contribution in [2.45, 2.75) is 32.6 Å². The lowest BCUT2D eigenvalue weighted by molar-refractivity contribution is -0.154. The van der Waals surface area contributed by atoms with Crippen LogP contribution >= 0.6 is 0 Å². The van der Waals surface area contributed by atoms with Crippen molar-refractivity contribution in [1.82, 2.24) is 25.4 Å². The molecule has 0 unspecified atom stereocenters. The van der Waals surface area contributed by atoms with Gasteiger partial charge in [-0.15, -0.1) is 10.2 Å². The molecule has 2 aromatic heterocycles. The van der Waals surface area contributed by atoms with E-state index in [4.69, 9.17) is 5.11 Å². The van der Waals surface area contributed by atoms with Crippen LogP contribution in [0.25, 0.3) is 0 Å². The largest absolute Gasteiger partial charge is 0.467 e. The van der Waals surface area contributed by atoms with Gasteiger partial charge in [-0.1, -0.05) is 0 Å². The molecular weight excluding hydrogens is 419 g/mol. The molecule has 31 heavy (non-hydrogen) atoms. The van der Waals surface area contributed by atoms with E-state index in [0.29, 0.717) is 28.1 Å². The molecule has 0 saturated carbocycles. The minimum atomic E-state index is -4.48. The van der Waals surface area contributed by atoms with Crippen LogP contribution in [0.4, 0.5) is 13.2 Å². The van der Waals surface area contributed by atoms with Gasteiger partial charge in [0, 0.05) is 36.0 Å². The van der Waals surface area contributed by atoms with Crippen molar-refractivity contribution in [2.24, 2.45) is 0 Å². The second-order valence-corrected chi connectivity index (χ2v) is 6.92. The summed E-state index contributed by atoms with van der Waals surface area (Å²) in [6.45, 7) is 0.300. The van der Waals surface area contributed by atoms with Gasteiger partial charge in [-0.2, -0.15) is 13.2 Å². The van der Waals surface area contributed by atoms with Gasteiger partial charge in [0.15, 0.2) is 6.61 Å². The van der Waals surface area contributed by atoms with Crippen molar-refractivity contribution in [3.8, 4) is 5.88 Å². The van der Waals surface area contributed by atoms with E-state index in [1.807, 2.05) is 0 Å². The van der Waals surface area contributed by atoms with Crippen LogP contribution in [0.1, 0.15) is 32.9 Å². The smallest absolute Gasteiger partial charge is 0.422 e. The zero-order chi connectivity index (χ0) is 22.6. The zero-order valence-corrected chi connectivity index (χ0v) is 16.6. The van der Waals surface area contributed by atoms with Gasteiger partial charge in [0.2, 0.25) is 11.8 Å². The Labute approximate surface area is 175 Å². The van der Waals surface area contributed by atoms with Crippen molar-refractivity contribution >= 4 is 11.8 Å². The Balaban J connectivity index is 1.69. The van der Waals surface area contributed by atoms with E-state index in [2.05, 4.69) is 25.2 Å². The molecule has 0 bridgehead atoms. The molecule has 3 rings (SSSR count). The highest BCUT2D eigenvalue weighted by Gasteiger charge is 2.31. The molecule has 0 atom stereocenters. The average Bonchev–Trinajstić information content (AvgIpc) is 3.02. The van der Waals surface area contributed by atoms with Crippen LogP contribution in [0, 0.1) is 6.92 Å². The summed E-state index contributed by atoms with van der Waals surface area (Å²) in [5.74, 6) is -0.819. The number of ether oxygens (including phenoxy) is 1. The van der Waals surface area contributed by atoms with Crippen molar-refractivity contribution in [1.29, 1.82) is 0 Å². The predicted molar refractivity (Wildman–Crippen MR) is 99.9 cm³/mol. The van der Waals surface area contributed by atoms with E-state index < -0.39 is 12.8 Å². The fourth-order valence-corrected chi connectivity index (χ4v) is 3.13. The van der Waals surface area contributed by atoms with Crippen molar-refractivity contribution in [2.75, 3.05) is 19.8 Å². The standard InChI is InChI=1S/C19H20F3N5O4/c1-11-6-12(25-26-17(11)31-10-19(20,21)22)8-27-9-14-13(18(27)30)2-3-23-15(14)7-16(29)24-4-5-28/h2-3,6,28H,4-5,7-10H2,1H3,(H,24,29). The molecule has 0 fully saturated rings. The Morgan fingerprint density at radius 3 is 2.81 bits per heavy atom. The van der Waals surface area contributed by atoms with E-state index in [-0.39, 0.29) is 50.4 Å². The third kappa shape index (κ3) is 5.66. The summed E-state index contributed by atoms with van der Waals surface area (Å²) in [5, 5.41) is 18.9. The van der Waals surface area contributed by atoms with Gasteiger partial charge in [-0.05, 0) is 19.1 Å². The lowest BCUT2D eigenvalue weighted by Gasteiger charge is -2.16. The van der Waals surface area contributed by atoms with Crippen LogP contribution in [-0.2, 0) is 24.3 Å². The summed E-state index contributed by atoms with van der Waals surface area (Å²) in [5.41, 5.74) is 2.26. The van der Waals surface area contributed by atoms with E-state index >= 15 is 0 Å². The predicted octanol–water partition coefficient (Wildman–Crippen LogP) is 0.928. The van der Waals surface area contributed by atoms with Crippen molar-refractivity contribution < 1.29 is 32.6 Å². The van der Waals surface area contributed by atoms with Crippen LogP contribution in [-0.4, -0.2) is 62.9 Å². The number of carbonyl (C=O) groups excluding carboxylic acids is 2. The van der Waals surface area contributed by atoms with Gasteiger partial charge in [0.1, 0.15) is 0 Å². The number of rotatable bonds is 8. The molecule has 12 heteroatoms.